The summed E-state index contributed by atoms with van der Waals surface area (Å²) in [6, 6.07) is 26.5. The fraction of sp³-hybridized carbons (Fsp3) is 0.308. The maximum atomic E-state index is 9.06. The quantitative estimate of drug-likeness (QED) is 0.213. The van der Waals surface area contributed by atoms with Gasteiger partial charge in [0.05, 0.1) is 0 Å². The summed E-state index contributed by atoms with van der Waals surface area (Å²) < 4.78 is 0. The Hall–Kier alpha value is -1.80. The summed E-state index contributed by atoms with van der Waals surface area (Å²) in [7, 11) is 0. The van der Waals surface area contributed by atoms with Crippen molar-refractivity contribution in [3.05, 3.63) is 106 Å². The number of aliphatic hydroxyl groups is 1. The van der Waals surface area contributed by atoms with Crippen molar-refractivity contribution in [1.82, 2.24) is 0 Å². The SMILES string of the molecule is CCC(CCCCO)c1ccc(C(Cl)(c2ccccc2)c2ccccc2Cl)cc1. The Balaban J connectivity index is 2.00. The number of halogens is 2. The number of alkyl halides is 1. The van der Waals surface area contributed by atoms with E-state index in [1.807, 2.05) is 54.6 Å². The van der Waals surface area contributed by atoms with Gasteiger partial charge < -0.3 is 5.11 Å². The topological polar surface area (TPSA) is 20.2 Å². The maximum absolute atomic E-state index is 9.06. The van der Waals surface area contributed by atoms with E-state index in [1.165, 1.54) is 5.56 Å². The number of hydrogen-bond donors (Lipinski definition) is 1. The summed E-state index contributed by atoms with van der Waals surface area (Å²) in [6.45, 7) is 2.48. The van der Waals surface area contributed by atoms with E-state index in [1.54, 1.807) is 0 Å². The van der Waals surface area contributed by atoms with Crippen LogP contribution in [-0.2, 0) is 4.87 Å². The molecule has 29 heavy (non-hydrogen) atoms. The van der Waals surface area contributed by atoms with Crippen molar-refractivity contribution < 1.29 is 5.11 Å². The molecule has 0 aliphatic rings. The minimum Gasteiger partial charge on any atom is -0.396 e. The zero-order valence-corrected chi connectivity index (χ0v) is 18.3. The van der Waals surface area contributed by atoms with Gasteiger partial charge in [-0.05, 0) is 47.9 Å². The number of benzene rings is 3. The Labute approximate surface area is 184 Å². The van der Waals surface area contributed by atoms with Crippen LogP contribution in [0.25, 0.3) is 0 Å². The van der Waals surface area contributed by atoms with Gasteiger partial charge in [-0.25, -0.2) is 0 Å². The lowest BCUT2D eigenvalue weighted by molar-refractivity contribution is 0.281. The molecule has 0 saturated carbocycles. The molecule has 3 aromatic carbocycles. The molecule has 0 amide bonds. The van der Waals surface area contributed by atoms with Crippen molar-refractivity contribution in [2.24, 2.45) is 0 Å². The lowest BCUT2D eigenvalue weighted by atomic mass is 9.82. The first-order valence-corrected chi connectivity index (χ1v) is 11.1. The first kappa shape index (κ1) is 21.9. The van der Waals surface area contributed by atoms with Crippen LogP contribution in [0.5, 0.6) is 0 Å². The molecule has 0 aromatic heterocycles. The summed E-state index contributed by atoms with van der Waals surface area (Å²) in [4.78, 5) is -0.850. The number of aliphatic hydroxyl groups excluding tert-OH is 1. The van der Waals surface area contributed by atoms with Crippen LogP contribution >= 0.6 is 23.2 Å². The van der Waals surface area contributed by atoms with Crippen molar-refractivity contribution in [2.45, 2.75) is 43.4 Å². The molecule has 1 nitrogen and oxygen atoms in total. The molecule has 0 fully saturated rings. The lowest BCUT2D eigenvalue weighted by Gasteiger charge is -2.30. The van der Waals surface area contributed by atoms with Crippen LogP contribution in [-0.4, -0.2) is 11.7 Å². The van der Waals surface area contributed by atoms with Gasteiger partial charge in [0.15, 0.2) is 0 Å². The van der Waals surface area contributed by atoms with E-state index in [9.17, 15) is 0 Å². The van der Waals surface area contributed by atoms with Gasteiger partial charge in [0.25, 0.3) is 0 Å². The Bertz CT molecular complexity index is 892. The Morgan fingerprint density at radius 1 is 0.828 bits per heavy atom. The second-order valence-corrected chi connectivity index (χ2v) is 8.43. The van der Waals surface area contributed by atoms with Crippen molar-refractivity contribution in [3.8, 4) is 0 Å². The molecule has 0 saturated heterocycles. The lowest BCUT2D eigenvalue weighted by Crippen LogP contribution is -2.23. The first-order chi connectivity index (χ1) is 14.1. The normalized spacial score (nSPS) is 14.3. The van der Waals surface area contributed by atoms with Crippen LogP contribution in [0.15, 0.2) is 78.9 Å². The smallest absolute Gasteiger partial charge is 0.121 e. The average molecular weight is 427 g/mol. The monoisotopic (exact) mass is 426 g/mol. The van der Waals surface area contributed by atoms with E-state index in [-0.39, 0.29) is 6.61 Å². The highest BCUT2D eigenvalue weighted by Gasteiger charge is 2.35. The van der Waals surface area contributed by atoms with Gasteiger partial charge in [0.2, 0.25) is 0 Å². The highest BCUT2D eigenvalue weighted by molar-refractivity contribution is 6.34. The molecule has 0 radical (unpaired) electrons. The van der Waals surface area contributed by atoms with Crippen LogP contribution in [0.2, 0.25) is 5.02 Å². The summed E-state index contributed by atoms with van der Waals surface area (Å²) >= 11 is 14.0. The van der Waals surface area contributed by atoms with Crippen molar-refractivity contribution >= 4 is 23.2 Å². The number of unbranched alkanes of at least 4 members (excludes halogenated alkanes) is 1. The third-order valence-corrected chi connectivity index (χ3v) is 6.62. The zero-order valence-electron chi connectivity index (χ0n) is 16.8. The fourth-order valence-corrected chi connectivity index (χ4v) is 4.72. The van der Waals surface area contributed by atoms with Gasteiger partial charge in [-0.3, -0.25) is 0 Å². The maximum Gasteiger partial charge on any atom is 0.121 e. The minimum absolute atomic E-state index is 0.263. The second kappa shape index (κ2) is 10.3. The molecule has 0 spiro atoms. The Morgan fingerprint density at radius 2 is 1.45 bits per heavy atom. The van der Waals surface area contributed by atoms with Crippen molar-refractivity contribution in [2.75, 3.05) is 6.61 Å². The molecule has 1 N–H and O–H groups in total. The van der Waals surface area contributed by atoms with Crippen molar-refractivity contribution in [1.29, 1.82) is 0 Å². The van der Waals surface area contributed by atoms with E-state index in [0.29, 0.717) is 10.9 Å². The average Bonchev–Trinajstić information content (AvgIpc) is 2.77. The third kappa shape index (κ3) is 4.86. The molecular formula is C26H28Cl2O. The molecule has 2 atom stereocenters. The molecule has 0 bridgehead atoms. The van der Waals surface area contributed by atoms with E-state index in [0.717, 1.165) is 42.4 Å². The molecule has 0 aliphatic carbocycles. The highest BCUT2D eigenvalue weighted by atomic mass is 35.5. The highest BCUT2D eigenvalue weighted by Crippen LogP contribution is 2.46. The molecule has 3 heteroatoms. The zero-order chi connectivity index (χ0) is 20.7. The van der Waals surface area contributed by atoms with Gasteiger partial charge in [-0.1, -0.05) is 97.7 Å². The molecule has 3 rings (SSSR count). The third-order valence-electron chi connectivity index (χ3n) is 5.65. The van der Waals surface area contributed by atoms with Crippen LogP contribution in [0, 0.1) is 0 Å². The Morgan fingerprint density at radius 3 is 2.07 bits per heavy atom. The molecule has 152 valence electrons. The second-order valence-electron chi connectivity index (χ2n) is 7.45. The molecular weight excluding hydrogens is 399 g/mol. The Kier molecular flexibility index (Phi) is 7.77. The minimum atomic E-state index is -0.850. The van der Waals surface area contributed by atoms with Gasteiger partial charge >= 0.3 is 0 Å². The van der Waals surface area contributed by atoms with Gasteiger partial charge in [-0.15, -0.1) is 11.6 Å². The summed E-state index contributed by atoms with van der Waals surface area (Å²) in [6.07, 6.45) is 4.07. The van der Waals surface area contributed by atoms with Crippen molar-refractivity contribution in [3.63, 3.8) is 0 Å². The van der Waals surface area contributed by atoms with E-state index >= 15 is 0 Å². The van der Waals surface area contributed by atoms with Crippen LogP contribution < -0.4 is 0 Å². The van der Waals surface area contributed by atoms with Gasteiger partial charge in [0, 0.05) is 17.2 Å². The molecule has 3 aromatic rings. The number of rotatable bonds is 9. The van der Waals surface area contributed by atoms with Gasteiger partial charge in [0.1, 0.15) is 4.87 Å². The molecule has 0 heterocycles. The standard InChI is InChI=1S/C26H28Cl2O/c1-2-20(10-8-9-19-29)21-15-17-23(18-16-21)26(28,22-11-4-3-5-12-22)24-13-6-7-14-25(24)27/h3-7,11-18,20,29H,2,8-10,19H2,1H3. The van der Waals surface area contributed by atoms with E-state index in [2.05, 4.69) is 31.2 Å². The number of hydrogen-bond acceptors (Lipinski definition) is 1. The fourth-order valence-electron chi connectivity index (χ4n) is 3.98. The molecule has 2 unspecified atom stereocenters. The van der Waals surface area contributed by atoms with E-state index in [4.69, 9.17) is 28.3 Å². The van der Waals surface area contributed by atoms with Crippen LogP contribution in [0.4, 0.5) is 0 Å². The summed E-state index contributed by atoms with van der Waals surface area (Å²) in [5, 5.41) is 9.72. The predicted octanol–water partition coefficient (Wildman–Crippen LogP) is 7.53. The molecule has 0 aliphatic heterocycles. The van der Waals surface area contributed by atoms with Crippen LogP contribution in [0.3, 0.4) is 0 Å². The van der Waals surface area contributed by atoms with Gasteiger partial charge in [-0.2, -0.15) is 0 Å². The summed E-state index contributed by atoms with van der Waals surface area (Å²) in [5.41, 5.74) is 4.21. The first-order valence-electron chi connectivity index (χ1n) is 10.3. The predicted molar refractivity (Wildman–Crippen MR) is 124 cm³/mol. The van der Waals surface area contributed by atoms with Crippen LogP contribution in [0.1, 0.15) is 60.8 Å². The largest absolute Gasteiger partial charge is 0.396 e. The summed E-state index contributed by atoms with van der Waals surface area (Å²) in [5.74, 6) is 0.498. The van der Waals surface area contributed by atoms with E-state index < -0.39 is 4.87 Å².